The van der Waals surface area contributed by atoms with E-state index in [0.29, 0.717) is 6.42 Å². The molecule has 0 amide bonds. The fraction of sp³-hybridized carbons (Fsp3) is 1.00. The van der Waals surface area contributed by atoms with Crippen LogP contribution in [-0.4, -0.2) is 40.6 Å². The summed E-state index contributed by atoms with van der Waals surface area (Å²) >= 11 is 3.41. The second-order valence-corrected chi connectivity index (χ2v) is 8.09. The van der Waals surface area contributed by atoms with Crippen molar-refractivity contribution in [3.8, 4) is 0 Å². The third-order valence-corrected chi connectivity index (χ3v) is 2.76. The van der Waals surface area contributed by atoms with Gasteiger partial charge in [-0.2, -0.15) is 26.3 Å². The quantitative estimate of drug-likeness (QED) is 0.261. The molecular weight excluding hydrogens is 368 g/mol. The highest BCUT2D eigenvalue weighted by Crippen LogP contribution is 2.34. The van der Waals surface area contributed by atoms with E-state index < -0.39 is 29.6 Å². The molecule has 21 heavy (non-hydrogen) atoms. The van der Waals surface area contributed by atoms with Crippen LogP contribution in [0.3, 0.4) is 0 Å². The second-order valence-electron chi connectivity index (χ2n) is 5.94. The van der Waals surface area contributed by atoms with E-state index in [9.17, 15) is 26.3 Å². The minimum absolute atomic E-state index is 0.182. The van der Waals surface area contributed by atoms with Crippen LogP contribution in [0, 0.1) is 0 Å². The van der Waals surface area contributed by atoms with E-state index >= 15 is 0 Å². The molecule has 0 aliphatic carbocycles. The van der Waals surface area contributed by atoms with Gasteiger partial charge in [0, 0.05) is 17.5 Å². The molecule has 0 atom stereocenters. The van der Waals surface area contributed by atoms with Crippen molar-refractivity contribution in [2.45, 2.75) is 63.1 Å². The van der Waals surface area contributed by atoms with Gasteiger partial charge in [-0.05, 0) is 40.5 Å². The fourth-order valence-electron chi connectivity index (χ4n) is 2.03. The first kappa shape index (κ1) is 21.0. The van der Waals surface area contributed by atoms with Gasteiger partial charge in [0.2, 0.25) is 0 Å². The van der Waals surface area contributed by atoms with Gasteiger partial charge in [0.25, 0.3) is 0 Å². The van der Waals surface area contributed by atoms with E-state index in [1.165, 1.54) is 0 Å². The highest BCUT2D eigenvalue weighted by molar-refractivity contribution is 9.10. The van der Waals surface area contributed by atoms with Crippen LogP contribution in [-0.2, 0) is 4.74 Å². The smallest absolute Gasteiger partial charge is 0.375 e. The van der Waals surface area contributed by atoms with E-state index in [2.05, 4.69) is 15.9 Å². The second kappa shape index (κ2) is 7.04. The topological polar surface area (TPSA) is 12.5 Å². The molecule has 0 unspecified atom stereocenters. The molecule has 0 aromatic heterocycles. The molecule has 0 N–H and O–H groups in total. The molecule has 0 aromatic rings. The number of halogens is 7. The lowest BCUT2D eigenvalue weighted by Gasteiger charge is -2.32. The Labute approximate surface area is 128 Å². The zero-order valence-electron chi connectivity index (χ0n) is 12.3. The molecule has 0 aliphatic heterocycles. The highest BCUT2D eigenvalue weighted by atomic mass is 79.9. The van der Waals surface area contributed by atoms with Crippen molar-refractivity contribution >= 4 is 15.9 Å². The zero-order valence-corrected chi connectivity index (χ0v) is 13.9. The Morgan fingerprint density at radius 2 is 1.33 bits per heavy atom. The molecule has 0 saturated carbocycles. The summed E-state index contributed by atoms with van der Waals surface area (Å²) in [5.41, 5.74) is -0.645. The van der Waals surface area contributed by atoms with Crippen LogP contribution in [0.4, 0.5) is 26.3 Å². The van der Waals surface area contributed by atoms with Crippen LogP contribution < -0.4 is 0 Å². The number of rotatable bonds is 7. The number of alkyl halides is 7. The van der Waals surface area contributed by atoms with Crippen molar-refractivity contribution in [2.24, 2.45) is 0 Å². The summed E-state index contributed by atoms with van der Waals surface area (Å²) in [5, 5.41) is 0. The summed E-state index contributed by atoms with van der Waals surface area (Å²) in [4.78, 5) is -1.44. The van der Waals surface area contributed by atoms with Gasteiger partial charge in [0.05, 0.1) is 5.60 Å². The first-order chi connectivity index (χ1) is 9.05. The van der Waals surface area contributed by atoms with Crippen molar-refractivity contribution in [3.63, 3.8) is 0 Å². The van der Waals surface area contributed by atoms with E-state index in [0.717, 1.165) is 0 Å². The third-order valence-electron chi connectivity index (χ3n) is 2.48. The van der Waals surface area contributed by atoms with Gasteiger partial charge in [-0.3, -0.25) is 0 Å². The Balaban J connectivity index is 4.36. The van der Waals surface area contributed by atoms with Gasteiger partial charge in [0.15, 0.2) is 0 Å². The molecule has 9 heteroatoms. The summed E-state index contributed by atoms with van der Waals surface area (Å²) in [6.07, 6.45) is -10.7. The predicted octanol–water partition coefficient (Wildman–Crippen LogP) is 5.08. The first-order valence-electron chi connectivity index (χ1n) is 6.29. The maximum absolute atomic E-state index is 12.3. The van der Waals surface area contributed by atoms with Crippen molar-refractivity contribution < 1.29 is 31.1 Å². The molecule has 0 aromatic carbocycles. The number of ether oxygens (including phenoxy) is 1. The molecule has 0 bridgehead atoms. The van der Waals surface area contributed by atoms with Crippen LogP contribution >= 0.6 is 15.9 Å². The summed E-state index contributed by atoms with van der Waals surface area (Å²) in [5.74, 6) is 0. The fourth-order valence-corrected chi connectivity index (χ4v) is 2.71. The molecule has 0 rings (SSSR count). The van der Waals surface area contributed by atoms with Crippen molar-refractivity contribution in [2.75, 3.05) is 13.2 Å². The zero-order chi connectivity index (χ0) is 17.1. The molecule has 128 valence electrons. The summed E-state index contributed by atoms with van der Waals surface area (Å²) in [7, 11) is 0. The number of hydrogen-bond donors (Lipinski definition) is 0. The molecular formula is C12H20BrF6NO. The third kappa shape index (κ3) is 9.57. The maximum atomic E-state index is 12.3. The van der Waals surface area contributed by atoms with Gasteiger partial charge >= 0.3 is 12.6 Å². The van der Waals surface area contributed by atoms with Crippen molar-refractivity contribution in [1.82, 2.24) is 4.90 Å². The highest BCUT2D eigenvalue weighted by Gasteiger charge is 2.53. The predicted molar refractivity (Wildman–Crippen MR) is 71.1 cm³/mol. The van der Waals surface area contributed by atoms with Crippen LogP contribution in [0.2, 0.25) is 0 Å². The Kier molecular flexibility index (Phi) is 7.03. The molecule has 0 heterocycles. The molecule has 0 radical (unpaired) electrons. The summed E-state index contributed by atoms with van der Waals surface area (Å²) in [6, 6.07) is 0. The van der Waals surface area contributed by atoms with Gasteiger partial charge in [0.1, 0.15) is 0 Å². The molecule has 0 spiro atoms. The van der Waals surface area contributed by atoms with Gasteiger partial charge < -0.3 is 4.74 Å². The van der Waals surface area contributed by atoms with Crippen LogP contribution in [0.5, 0.6) is 0 Å². The average molecular weight is 388 g/mol. The van der Waals surface area contributed by atoms with Crippen LogP contribution in [0.15, 0.2) is 0 Å². The monoisotopic (exact) mass is 387 g/mol. The minimum Gasteiger partial charge on any atom is -0.375 e. The summed E-state index contributed by atoms with van der Waals surface area (Å²) in [6.45, 7) is 5.91. The SMILES string of the molecule is CC(C)(Br)CC(C)(C)OCCCN(C(F)(F)F)C(F)(F)F. The number of hydrogen-bond acceptors (Lipinski definition) is 2. The average Bonchev–Trinajstić information content (AvgIpc) is 2.07. The minimum atomic E-state index is -5.44. The Morgan fingerprint density at radius 3 is 1.67 bits per heavy atom. The van der Waals surface area contributed by atoms with Gasteiger partial charge in [-0.1, -0.05) is 15.9 Å². The van der Waals surface area contributed by atoms with Crippen molar-refractivity contribution in [3.05, 3.63) is 0 Å². The lowest BCUT2D eigenvalue weighted by molar-refractivity contribution is -0.373. The van der Waals surface area contributed by atoms with E-state index in [1.54, 1.807) is 13.8 Å². The molecule has 0 aliphatic rings. The number of nitrogens with zero attached hydrogens (tertiary/aromatic N) is 1. The van der Waals surface area contributed by atoms with Gasteiger partial charge in [-0.15, -0.1) is 4.90 Å². The largest absolute Gasteiger partial charge is 0.467 e. The lowest BCUT2D eigenvalue weighted by atomic mass is 9.96. The standard InChI is InChI=1S/C12H20BrF6NO/c1-9(2,13)8-10(3,4)21-7-5-6-20(11(14,15)16)12(17,18)19/h5-8H2,1-4H3. The Hall–Kier alpha value is -0.0200. The van der Waals surface area contributed by atoms with E-state index in [-0.39, 0.29) is 17.4 Å². The van der Waals surface area contributed by atoms with Crippen molar-refractivity contribution in [1.29, 1.82) is 0 Å². The Morgan fingerprint density at radius 1 is 0.905 bits per heavy atom. The molecule has 0 saturated heterocycles. The van der Waals surface area contributed by atoms with Crippen LogP contribution in [0.25, 0.3) is 0 Å². The molecule has 2 nitrogen and oxygen atoms in total. The summed E-state index contributed by atoms with van der Waals surface area (Å²) < 4.78 is 78.7. The van der Waals surface area contributed by atoms with E-state index in [1.807, 2.05) is 13.8 Å². The molecule has 0 fully saturated rings. The Bertz CT molecular complexity index is 307. The normalized spacial score (nSPS) is 14.9. The lowest BCUT2D eigenvalue weighted by Crippen LogP contribution is -2.48. The van der Waals surface area contributed by atoms with Gasteiger partial charge in [-0.25, -0.2) is 0 Å². The van der Waals surface area contributed by atoms with E-state index in [4.69, 9.17) is 4.74 Å². The maximum Gasteiger partial charge on any atom is 0.467 e. The first-order valence-corrected chi connectivity index (χ1v) is 7.08. The van der Waals surface area contributed by atoms with Crippen LogP contribution in [0.1, 0.15) is 40.5 Å².